The summed E-state index contributed by atoms with van der Waals surface area (Å²) in [4.78, 5) is 26.2. The van der Waals surface area contributed by atoms with Crippen LogP contribution in [-0.4, -0.2) is 49.1 Å². The van der Waals surface area contributed by atoms with Crippen molar-refractivity contribution in [2.24, 2.45) is 5.92 Å². The molecule has 0 radical (unpaired) electrons. The number of carbonyl (C=O) groups excluding carboxylic acids is 2. The highest BCUT2D eigenvalue weighted by molar-refractivity contribution is 5.83. The number of rotatable bonds is 5. The summed E-state index contributed by atoms with van der Waals surface area (Å²) in [6, 6.07) is 10.1. The highest BCUT2D eigenvalue weighted by Gasteiger charge is 2.32. The van der Waals surface area contributed by atoms with Crippen LogP contribution in [0, 0.1) is 5.92 Å². The molecule has 2 fully saturated rings. The standard InChI is InChI=1S/C18H24N2O3/c21-17-12-16(19-18(22)15-7-10-23-11-8-15)13-20(17)9-6-14-4-2-1-3-5-14/h1-5,15-16H,6-13H2,(H,19,22)/t16-/m1/s1. The fourth-order valence-electron chi connectivity index (χ4n) is 3.27. The van der Waals surface area contributed by atoms with Crippen molar-refractivity contribution in [3.8, 4) is 0 Å². The molecule has 0 aromatic heterocycles. The van der Waals surface area contributed by atoms with Gasteiger partial charge in [0.15, 0.2) is 0 Å². The Morgan fingerprint density at radius 3 is 2.70 bits per heavy atom. The first-order chi connectivity index (χ1) is 11.2. The van der Waals surface area contributed by atoms with Gasteiger partial charge in [-0.2, -0.15) is 0 Å². The monoisotopic (exact) mass is 316 g/mol. The Morgan fingerprint density at radius 2 is 1.96 bits per heavy atom. The second kappa shape index (κ2) is 7.59. The van der Waals surface area contributed by atoms with Crippen molar-refractivity contribution in [3.63, 3.8) is 0 Å². The molecule has 1 N–H and O–H groups in total. The van der Waals surface area contributed by atoms with Crippen LogP contribution in [0.5, 0.6) is 0 Å². The van der Waals surface area contributed by atoms with Gasteiger partial charge in [-0.1, -0.05) is 30.3 Å². The highest BCUT2D eigenvalue weighted by atomic mass is 16.5. The lowest BCUT2D eigenvalue weighted by Crippen LogP contribution is -2.42. The minimum absolute atomic E-state index is 0.0391. The molecule has 1 atom stereocenters. The van der Waals surface area contributed by atoms with Gasteiger partial charge < -0.3 is 15.0 Å². The molecule has 1 aromatic carbocycles. The first-order valence-corrected chi connectivity index (χ1v) is 8.42. The molecule has 0 saturated carbocycles. The average Bonchev–Trinajstić information content (AvgIpc) is 2.94. The minimum Gasteiger partial charge on any atom is -0.381 e. The second-order valence-corrected chi connectivity index (χ2v) is 6.37. The Labute approximate surface area is 137 Å². The summed E-state index contributed by atoms with van der Waals surface area (Å²) < 4.78 is 5.29. The van der Waals surface area contributed by atoms with E-state index >= 15 is 0 Å². The lowest BCUT2D eigenvalue weighted by atomic mass is 9.99. The van der Waals surface area contributed by atoms with Crippen molar-refractivity contribution in [2.75, 3.05) is 26.3 Å². The summed E-state index contributed by atoms with van der Waals surface area (Å²) in [5.74, 6) is 0.256. The van der Waals surface area contributed by atoms with Crippen LogP contribution in [0.3, 0.4) is 0 Å². The van der Waals surface area contributed by atoms with Crippen LogP contribution in [-0.2, 0) is 20.7 Å². The van der Waals surface area contributed by atoms with Crippen molar-refractivity contribution in [1.82, 2.24) is 10.2 Å². The van der Waals surface area contributed by atoms with E-state index in [-0.39, 0.29) is 23.8 Å². The van der Waals surface area contributed by atoms with Crippen LogP contribution in [0.1, 0.15) is 24.8 Å². The predicted octanol–water partition coefficient (Wildman–Crippen LogP) is 1.37. The van der Waals surface area contributed by atoms with E-state index in [2.05, 4.69) is 17.4 Å². The lowest BCUT2D eigenvalue weighted by molar-refractivity contribution is -0.128. The van der Waals surface area contributed by atoms with E-state index in [9.17, 15) is 9.59 Å². The van der Waals surface area contributed by atoms with Crippen molar-refractivity contribution < 1.29 is 14.3 Å². The fourth-order valence-corrected chi connectivity index (χ4v) is 3.27. The number of benzene rings is 1. The Kier molecular flexibility index (Phi) is 5.28. The summed E-state index contributed by atoms with van der Waals surface area (Å²) in [6.45, 7) is 2.66. The number of nitrogens with one attached hydrogen (secondary N) is 1. The maximum Gasteiger partial charge on any atom is 0.224 e. The molecule has 2 aliphatic heterocycles. The Bertz CT molecular complexity index is 540. The molecule has 0 bridgehead atoms. The molecular weight excluding hydrogens is 292 g/mol. The van der Waals surface area contributed by atoms with E-state index < -0.39 is 0 Å². The van der Waals surface area contributed by atoms with E-state index in [1.807, 2.05) is 23.1 Å². The van der Waals surface area contributed by atoms with E-state index in [1.165, 1.54) is 5.56 Å². The van der Waals surface area contributed by atoms with Gasteiger partial charge in [-0.25, -0.2) is 0 Å². The van der Waals surface area contributed by atoms with Gasteiger partial charge in [-0.3, -0.25) is 9.59 Å². The van der Waals surface area contributed by atoms with Crippen LogP contribution in [0.15, 0.2) is 30.3 Å². The van der Waals surface area contributed by atoms with Crippen LogP contribution >= 0.6 is 0 Å². The number of amides is 2. The number of ether oxygens (including phenoxy) is 1. The van der Waals surface area contributed by atoms with Gasteiger partial charge in [0.25, 0.3) is 0 Å². The molecule has 3 rings (SSSR count). The van der Waals surface area contributed by atoms with Gasteiger partial charge in [-0.15, -0.1) is 0 Å². The first kappa shape index (κ1) is 16.0. The van der Waals surface area contributed by atoms with E-state index in [1.54, 1.807) is 0 Å². The number of likely N-dealkylation sites (tertiary alicyclic amines) is 1. The van der Waals surface area contributed by atoms with Crippen molar-refractivity contribution in [3.05, 3.63) is 35.9 Å². The Morgan fingerprint density at radius 1 is 1.22 bits per heavy atom. The molecule has 0 spiro atoms. The number of nitrogens with zero attached hydrogens (tertiary/aromatic N) is 1. The molecule has 2 amide bonds. The topological polar surface area (TPSA) is 58.6 Å². The third-order valence-corrected chi connectivity index (χ3v) is 4.67. The maximum atomic E-state index is 12.3. The van der Waals surface area contributed by atoms with Gasteiger partial charge in [-0.05, 0) is 24.8 Å². The predicted molar refractivity (Wildman–Crippen MR) is 86.8 cm³/mol. The smallest absolute Gasteiger partial charge is 0.224 e. The maximum absolute atomic E-state index is 12.3. The number of hydrogen-bond acceptors (Lipinski definition) is 3. The fraction of sp³-hybridized carbons (Fsp3) is 0.556. The molecular formula is C18H24N2O3. The molecule has 2 aliphatic rings. The molecule has 0 aliphatic carbocycles. The first-order valence-electron chi connectivity index (χ1n) is 8.42. The third-order valence-electron chi connectivity index (χ3n) is 4.67. The zero-order valence-electron chi connectivity index (χ0n) is 13.4. The van der Waals surface area contributed by atoms with Gasteiger partial charge in [0, 0.05) is 38.6 Å². The normalized spacial score (nSPS) is 22.3. The summed E-state index contributed by atoms with van der Waals surface area (Å²) >= 11 is 0. The quantitative estimate of drug-likeness (QED) is 0.893. The number of hydrogen-bond donors (Lipinski definition) is 1. The van der Waals surface area contributed by atoms with Crippen molar-refractivity contribution >= 4 is 11.8 Å². The minimum atomic E-state index is -0.0476. The average molecular weight is 316 g/mol. The highest BCUT2D eigenvalue weighted by Crippen LogP contribution is 2.17. The molecule has 2 heterocycles. The van der Waals surface area contributed by atoms with Crippen LogP contribution < -0.4 is 5.32 Å². The Hall–Kier alpha value is -1.88. The SMILES string of the molecule is O=C(N[C@@H]1CC(=O)N(CCc2ccccc2)C1)C1CCOCC1. The summed E-state index contributed by atoms with van der Waals surface area (Å²) in [7, 11) is 0. The molecule has 124 valence electrons. The van der Waals surface area contributed by atoms with E-state index in [4.69, 9.17) is 4.74 Å². The lowest BCUT2D eigenvalue weighted by Gasteiger charge is -2.23. The molecule has 0 unspecified atom stereocenters. The molecule has 2 saturated heterocycles. The zero-order chi connectivity index (χ0) is 16.1. The van der Waals surface area contributed by atoms with Crippen molar-refractivity contribution in [1.29, 1.82) is 0 Å². The third kappa shape index (κ3) is 4.32. The van der Waals surface area contributed by atoms with Crippen LogP contribution in [0.25, 0.3) is 0 Å². The summed E-state index contributed by atoms with van der Waals surface area (Å²) in [5.41, 5.74) is 1.23. The van der Waals surface area contributed by atoms with Gasteiger partial charge in [0.2, 0.25) is 11.8 Å². The molecule has 5 nitrogen and oxygen atoms in total. The second-order valence-electron chi connectivity index (χ2n) is 6.37. The van der Waals surface area contributed by atoms with Crippen LogP contribution in [0.2, 0.25) is 0 Å². The molecule has 1 aromatic rings. The van der Waals surface area contributed by atoms with Gasteiger partial charge >= 0.3 is 0 Å². The zero-order valence-corrected chi connectivity index (χ0v) is 13.4. The van der Waals surface area contributed by atoms with Crippen LogP contribution in [0.4, 0.5) is 0 Å². The van der Waals surface area contributed by atoms with Crippen molar-refractivity contribution in [2.45, 2.75) is 31.7 Å². The Balaban J connectivity index is 1.46. The summed E-state index contributed by atoms with van der Waals surface area (Å²) in [5, 5.41) is 3.05. The largest absolute Gasteiger partial charge is 0.381 e. The molecule has 23 heavy (non-hydrogen) atoms. The number of carbonyl (C=O) groups is 2. The van der Waals surface area contributed by atoms with E-state index in [0.29, 0.717) is 32.7 Å². The van der Waals surface area contributed by atoms with Gasteiger partial charge in [0.1, 0.15) is 0 Å². The molecule has 5 heteroatoms. The van der Waals surface area contributed by atoms with Gasteiger partial charge in [0.05, 0.1) is 6.04 Å². The van der Waals surface area contributed by atoms with E-state index in [0.717, 1.165) is 19.3 Å². The summed E-state index contributed by atoms with van der Waals surface area (Å²) in [6.07, 6.45) is 2.84.